The van der Waals surface area contributed by atoms with Crippen molar-refractivity contribution < 1.29 is 24.2 Å². The van der Waals surface area contributed by atoms with E-state index in [0.29, 0.717) is 68.9 Å². The van der Waals surface area contributed by atoms with E-state index in [9.17, 15) is 14.7 Å². The fourth-order valence-electron chi connectivity index (χ4n) is 7.48. The molecular formula is C36H46N6O5. The molecule has 3 aliphatic carbocycles. The number of hydrogen-bond acceptors (Lipinski definition) is 8. The third-order valence-corrected chi connectivity index (χ3v) is 10.6. The maximum atomic E-state index is 14.3. The number of amides is 2. The van der Waals surface area contributed by atoms with Gasteiger partial charge in [0, 0.05) is 30.6 Å². The second-order valence-electron chi connectivity index (χ2n) is 14.0. The number of aromatic nitrogens is 4. The van der Waals surface area contributed by atoms with Crippen molar-refractivity contribution in [3.05, 3.63) is 59.8 Å². The molecule has 0 radical (unpaired) electrons. The summed E-state index contributed by atoms with van der Waals surface area (Å²) in [5.74, 6) is 3.72. The maximum Gasteiger partial charge on any atom is 0.410 e. The van der Waals surface area contributed by atoms with Crippen molar-refractivity contribution in [2.75, 3.05) is 31.6 Å². The summed E-state index contributed by atoms with van der Waals surface area (Å²) in [6.45, 7) is 3.37. The molecule has 11 nitrogen and oxygen atoms in total. The lowest BCUT2D eigenvalue weighted by Gasteiger charge is -2.38. The second kappa shape index (κ2) is 13.6. The molecule has 0 bridgehead atoms. The number of rotatable bonds is 9. The molecule has 1 saturated heterocycles. The van der Waals surface area contributed by atoms with Gasteiger partial charge in [-0.05, 0) is 106 Å². The number of aryl methyl sites for hydroxylation is 1. The van der Waals surface area contributed by atoms with Gasteiger partial charge >= 0.3 is 6.09 Å². The van der Waals surface area contributed by atoms with Gasteiger partial charge in [-0.1, -0.05) is 12.1 Å². The normalized spacial score (nSPS) is 24.8. The third-order valence-electron chi connectivity index (χ3n) is 10.6. The number of aliphatic hydroxyl groups is 1. The Morgan fingerprint density at radius 1 is 0.936 bits per heavy atom. The van der Waals surface area contributed by atoms with E-state index in [1.165, 1.54) is 10.5 Å². The molecule has 0 unspecified atom stereocenters. The molecule has 1 aromatic carbocycles. The highest BCUT2D eigenvalue weighted by atomic mass is 16.6. The van der Waals surface area contributed by atoms with Crippen molar-refractivity contribution in [3.8, 4) is 11.4 Å². The van der Waals surface area contributed by atoms with Crippen LogP contribution < -0.4 is 9.64 Å². The number of hydrogen-bond donors (Lipinski definition) is 1. The van der Waals surface area contributed by atoms with Gasteiger partial charge in [0.15, 0.2) is 5.82 Å². The van der Waals surface area contributed by atoms with Crippen molar-refractivity contribution in [1.82, 2.24) is 24.6 Å². The highest BCUT2D eigenvalue weighted by Crippen LogP contribution is 2.40. The fraction of sp³-hybridized carbons (Fsp3) is 0.583. The van der Waals surface area contributed by atoms with E-state index in [0.717, 1.165) is 61.3 Å². The molecule has 0 spiro atoms. The first-order valence-electron chi connectivity index (χ1n) is 17.3. The number of benzene rings is 1. The zero-order valence-corrected chi connectivity index (χ0v) is 27.5. The van der Waals surface area contributed by atoms with Crippen LogP contribution in [-0.4, -0.2) is 80.7 Å². The molecule has 2 aromatic heterocycles. The van der Waals surface area contributed by atoms with Crippen LogP contribution in [0.5, 0.6) is 5.75 Å². The van der Waals surface area contributed by atoms with Crippen molar-refractivity contribution in [1.29, 1.82) is 0 Å². The van der Waals surface area contributed by atoms with Crippen LogP contribution in [0.4, 0.5) is 10.6 Å². The van der Waals surface area contributed by atoms with Gasteiger partial charge < -0.3 is 19.5 Å². The van der Waals surface area contributed by atoms with Crippen molar-refractivity contribution in [3.63, 3.8) is 0 Å². The maximum absolute atomic E-state index is 14.3. The van der Waals surface area contributed by atoms with Crippen LogP contribution in [-0.2, 0) is 9.53 Å². The summed E-state index contributed by atoms with van der Waals surface area (Å²) >= 11 is 0. The Hall–Kier alpha value is -3.99. The largest absolute Gasteiger partial charge is 0.496 e. The lowest BCUT2D eigenvalue weighted by Crippen LogP contribution is -2.54. The van der Waals surface area contributed by atoms with Gasteiger partial charge in [-0.15, -0.1) is 0 Å². The number of anilines is 1. The van der Waals surface area contributed by atoms with Crippen LogP contribution in [0.3, 0.4) is 0 Å². The predicted octanol–water partition coefficient (Wildman–Crippen LogP) is 5.54. The van der Waals surface area contributed by atoms with E-state index < -0.39 is 6.10 Å². The fourth-order valence-corrected chi connectivity index (χ4v) is 7.48. The van der Waals surface area contributed by atoms with Crippen molar-refractivity contribution in [2.24, 2.45) is 11.8 Å². The van der Waals surface area contributed by atoms with E-state index in [4.69, 9.17) is 19.6 Å². The summed E-state index contributed by atoms with van der Waals surface area (Å²) in [5, 5.41) is 14.2. The number of carbonyl (C=O) groups is 2. The first-order chi connectivity index (χ1) is 22.8. The Balaban J connectivity index is 1.04. The molecular weight excluding hydrogens is 596 g/mol. The number of ether oxygens (including phenoxy) is 2. The molecule has 1 N–H and O–H groups in total. The molecule has 4 aliphatic rings. The van der Waals surface area contributed by atoms with E-state index in [-0.39, 0.29) is 24.0 Å². The zero-order chi connectivity index (χ0) is 32.5. The molecule has 250 valence electrons. The molecule has 3 aromatic rings. The molecule has 1 aliphatic heterocycles. The van der Waals surface area contributed by atoms with E-state index in [1.54, 1.807) is 24.3 Å². The SMILES string of the molecule is COc1ccc([C@H]2CC[C@H](CN(c3cc(-n4cnc(C5CC5)n4)ccn3)C(=O)[C@H]3CC[C@H](OC(=O)N4CC(O)C4)CC3)CC2)cc1C. The van der Waals surface area contributed by atoms with Crippen LogP contribution in [0.15, 0.2) is 42.9 Å². The lowest BCUT2D eigenvalue weighted by atomic mass is 9.78. The number of nitrogens with zero attached hydrogens (tertiary/aromatic N) is 6. The van der Waals surface area contributed by atoms with Gasteiger partial charge in [0.1, 0.15) is 24.0 Å². The van der Waals surface area contributed by atoms with Gasteiger partial charge in [0.05, 0.1) is 32.0 Å². The van der Waals surface area contributed by atoms with E-state index in [2.05, 4.69) is 30.1 Å². The predicted molar refractivity (Wildman–Crippen MR) is 176 cm³/mol. The van der Waals surface area contributed by atoms with Crippen LogP contribution in [0, 0.1) is 18.8 Å². The summed E-state index contributed by atoms with van der Waals surface area (Å²) in [6.07, 6.45) is 11.6. The average molecular weight is 643 g/mol. The topological polar surface area (TPSA) is 123 Å². The van der Waals surface area contributed by atoms with Crippen molar-refractivity contribution in [2.45, 2.75) is 95.2 Å². The van der Waals surface area contributed by atoms with Crippen LogP contribution in [0.2, 0.25) is 0 Å². The van der Waals surface area contributed by atoms with E-state index >= 15 is 0 Å². The zero-order valence-electron chi connectivity index (χ0n) is 27.5. The van der Waals surface area contributed by atoms with E-state index in [1.807, 2.05) is 17.0 Å². The van der Waals surface area contributed by atoms with Gasteiger partial charge in [0.2, 0.25) is 5.91 Å². The second-order valence-corrected chi connectivity index (χ2v) is 14.0. The van der Waals surface area contributed by atoms with Gasteiger partial charge in [-0.2, -0.15) is 5.10 Å². The third kappa shape index (κ3) is 7.15. The monoisotopic (exact) mass is 642 g/mol. The van der Waals surface area contributed by atoms with Crippen LogP contribution in [0.1, 0.15) is 93.0 Å². The quantitative estimate of drug-likeness (QED) is 0.323. The molecule has 47 heavy (non-hydrogen) atoms. The van der Waals surface area contributed by atoms with Crippen LogP contribution >= 0.6 is 0 Å². The number of likely N-dealkylation sites (tertiary alicyclic amines) is 1. The van der Waals surface area contributed by atoms with Gasteiger partial charge in [-0.3, -0.25) is 9.69 Å². The summed E-state index contributed by atoms with van der Waals surface area (Å²) in [6, 6.07) is 10.4. The number of β-amino-alcohol motifs (C(OH)–C–C–N with tert-alkyl or cyclic N) is 1. The minimum absolute atomic E-state index is 0.0930. The van der Waals surface area contributed by atoms with Gasteiger partial charge in [-0.25, -0.2) is 19.4 Å². The van der Waals surface area contributed by atoms with Crippen LogP contribution in [0.25, 0.3) is 5.69 Å². The molecule has 11 heteroatoms. The highest BCUT2D eigenvalue weighted by molar-refractivity contribution is 5.94. The average Bonchev–Trinajstić information content (AvgIpc) is 3.81. The Morgan fingerprint density at radius 3 is 2.36 bits per heavy atom. The molecule has 7 rings (SSSR count). The molecule has 2 amide bonds. The number of aliphatic hydroxyl groups excluding tert-OH is 1. The number of carbonyl (C=O) groups excluding carboxylic acids is 2. The lowest BCUT2D eigenvalue weighted by molar-refractivity contribution is -0.124. The highest BCUT2D eigenvalue weighted by Gasteiger charge is 2.36. The molecule has 3 saturated carbocycles. The smallest absolute Gasteiger partial charge is 0.410 e. The Bertz CT molecular complexity index is 1570. The molecule has 0 atom stereocenters. The number of methoxy groups -OCH3 is 1. The summed E-state index contributed by atoms with van der Waals surface area (Å²) < 4.78 is 13.0. The summed E-state index contributed by atoms with van der Waals surface area (Å²) in [7, 11) is 1.71. The summed E-state index contributed by atoms with van der Waals surface area (Å²) in [4.78, 5) is 39.4. The van der Waals surface area contributed by atoms with Crippen molar-refractivity contribution >= 4 is 17.8 Å². The molecule has 4 fully saturated rings. The first kappa shape index (κ1) is 31.6. The first-order valence-corrected chi connectivity index (χ1v) is 17.3. The Morgan fingerprint density at radius 2 is 1.68 bits per heavy atom. The van der Waals surface area contributed by atoms with Gasteiger partial charge in [0.25, 0.3) is 0 Å². The molecule has 3 heterocycles. The Kier molecular flexibility index (Phi) is 9.16. The standard InChI is InChI=1S/C36H46N6O5/c1-23-17-28(11-14-32(23)46-2)25-5-3-24(4-6-25)19-41(33-18-29(15-16-37-33)42-22-38-34(39-42)26-7-8-26)35(44)27-9-12-31(13-10-27)47-36(45)40-20-30(43)21-40/h11,14-18,22,24-27,30-31,43H,3-10,12-13,19-21H2,1-2H3/t24-,25-,27-,31-. The minimum Gasteiger partial charge on any atom is -0.496 e. The number of pyridine rings is 1. The summed E-state index contributed by atoms with van der Waals surface area (Å²) in [5.41, 5.74) is 3.37. The Labute approximate surface area is 276 Å². The minimum atomic E-state index is -0.458.